The summed E-state index contributed by atoms with van der Waals surface area (Å²) >= 11 is 3.01. The molecule has 0 saturated carbocycles. The molecule has 0 radical (unpaired) electrons. The second-order valence-electron chi connectivity index (χ2n) is 6.88. The first kappa shape index (κ1) is 21.4. The van der Waals surface area contributed by atoms with Gasteiger partial charge in [-0.3, -0.25) is 9.59 Å². The van der Waals surface area contributed by atoms with E-state index in [1.807, 2.05) is 30.3 Å². The highest BCUT2D eigenvalue weighted by atomic mass is 32.2. The van der Waals surface area contributed by atoms with Gasteiger partial charge in [0.15, 0.2) is 5.16 Å². The first-order chi connectivity index (χ1) is 15.2. The molecule has 1 aliphatic rings. The normalized spacial score (nSPS) is 12.4. The number of carbonyl (C=O) groups excluding carboxylic acids is 2. The number of benzene rings is 1. The number of hydrogen-bond acceptors (Lipinski definition) is 7. The lowest BCUT2D eigenvalue weighted by Gasteiger charge is -2.11. The minimum absolute atomic E-state index is 0.0665. The molecule has 4 rings (SSSR count). The van der Waals surface area contributed by atoms with Crippen molar-refractivity contribution in [3.05, 3.63) is 65.6 Å². The molecule has 0 unspecified atom stereocenters. The number of fused-ring (bicyclic) bond motifs is 1. The maximum atomic E-state index is 12.5. The first-order valence-electron chi connectivity index (χ1n) is 9.85. The minimum Gasteiger partial charge on any atom is -0.354 e. The van der Waals surface area contributed by atoms with Crippen LogP contribution in [0.5, 0.6) is 0 Å². The van der Waals surface area contributed by atoms with E-state index in [9.17, 15) is 9.59 Å². The van der Waals surface area contributed by atoms with Crippen LogP contribution < -0.4 is 10.6 Å². The number of aromatic nitrogens is 4. The fourth-order valence-electron chi connectivity index (χ4n) is 3.16. The molecule has 0 saturated heterocycles. The van der Waals surface area contributed by atoms with Gasteiger partial charge in [-0.2, -0.15) is 16.9 Å². The fourth-order valence-corrected chi connectivity index (χ4v) is 4.80. The van der Waals surface area contributed by atoms with E-state index in [0.29, 0.717) is 17.5 Å². The summed E-state index contributed by atoms with van der Waals surface area (Å²) in [5.74, 6) is 2.04. The minimum atomic E-state index is -0.178. The SMILES string of the molecule is O=C(Cn1nc2c(c1NC(=O)CSc1ncccn1)CSC2)NCCc1ccccc1. The Morgan fingerprint density at radius 2 is 1.87 bits per heavy atom. The number of thioether (sulfide) groups is 2. The van der Waals surface area contributed by atoms with Crippen LogP contribution in [0.1, 0.15) is 16.8 Å². The predicted molar refractivity (Wildman–Crippen MR) is 122 cm³/mol. The average Bonchev–Trinajstić information content (AvgIpc) is 3.36. The third-order valence-electron chi connectivity index (χ3n) is 4.62. The molecule has 0 aliphatic carbocycles. The number of amides is 2. The zero-order valence-electron chi connectivity index (χ0n) is 16.8. The fraction of sp³-hybridized carbons (Fsp3) is 0.286. The molecular formula is C21H22N6O2S2. The number of hydrogen-bond donors (Lipinski definition) is 2. The van der Waals surface area contributed by atoms with Gasteiger partial charge in [-0.1, -0.05) is 42.1 Å². The molecule has 3 heterocycles. The summed E-state index contributed by atoms with van der Waals surface area (Å²) in [4.78, 5) is 33.2. The van der Waals surface area contributed by atoms with Crippen molar-refractivity contribution < 1.29 is 9.59 Å². The molecule has 0 spiro atoms. The molecule has 2 N–H and O–H groups in total. The molecule has 3 aromatic rings. The van der Waals surface area contributed by atoms with E-state index in [1.165, 1.54) is 17.3 Å². The molecule has 31 heavy (non-hydrogen) atoms. The van der Waals surface area contributed by atoms with Gasteiger partial charge in [-0.05, 0) is 18.1 Å². The summed E-state index contributed by atoms with van der Waals surface area (Å²) in [6.45, 7) is 0.617. The molecule has 10 heteroatoms. The molecule has 0 bridgehead atoms. The van der Waals surface area contributed by atoms with Crippen LogP contribution >= 0.6 is 23.5 Å². The molecule has 1 aliphatic heterocycles. The van der Waals surface area contributed by atoms with Crippen molar-refractivity contribution in [1.29, 1.82) is 0 Å². The highest BCUT2D eigenvalue weighted by Gasteiger charge is 2.25. The van der Waals surface area contributed by atoms with Crippen molar-refractivity contribution in [1.82, 2.24) is 25.1 Å². The van der Waals surface area contributed by atoms with Crippen molar-refractivity contribution in [3.63, 3.8) is 0 Å². The van der Waals surface area contributed by atoms with Gasteiger partial charge in [0, 0.05) is 36.0 Å². The Kier molecular flexibility index (Phi) is 7.21. The molecule has 2 aromatic heterocycles. The van der Waals surface area contributed by atoms with Gasteiger partial charge >= 0.3 is 0 Å². The smallest absolute Gasteiger partial charge is 0.241 e. The van der Waals surface area contributed by atoms with Crippen molar-refractivity contribution >= 4 is 41.2 Å². The zero-order valence-corrected chi connectivity index (χ0v) is 18.4. The van der Waals surface area contributed by atoms with Crippen LogP contribution in [0.2, 0.25) is 0 Å². The van der Waals surface area contributed by atoms with E-state index in [0.717, 1.165) is 29.2 Å². The van der Waals surface area contributed by atoms with E-state index in [2.05, 4.69) is 25.7 Å². The number of nitrogens with zero attached hydrogens (tertiary/aromatic N) is 4. The van der Waals surface area contributed by atoms with Crippen LogP contribution in [0.25, 0.3) is 0 Å². The zero-order chi connectivity index (χ0) is 21.5. The van der Waals surface area contributed by atoms with Gasteiger partial charge in [0.1, 0.15) is 12.4 Å². The largest absolute Gasteiger partial charge is 0.354 e. The second kappa shape index (κ2) is 10.5. The maximum absolute atomic E-state index is 12.5. The third kappa shape index (κ3) is 5.86. The van der Waals surface area contributed by atoms with Gasteiger partial charge in [-0.25, -0.2) is 14.6 Å². The summed E-state index contributed by atoms with van der Waals surface area (Å²) in [5, 5.41) is 11.0. The van der Waals surface area contributed by atoms with Gasteiger partial charge in [0.05, 0.1) is 11.4 Å². The summed E-state index contributed by atoms with van der Waals surface area (Å²) < 4.78 is 1.60. The standard InChI is InChI=1S/C21H22N6O2S2/c28-18(22-10-7-15-5-2-1-3-6-15)11-27-20(16-12-30-13-17(16)26-27)25-19(29)14-31-21-23-8-4-9-24-21/h1-6,8-9H,7,10-14H2,(H,22,28)(H,25,29). The number of anilines is 1. The highest BCUT2D eigenvalue weighted by molar-refractivity contribution is 7.99. The Morgan fingerprint density at radius 1 is 1.06 bits per heavy atom. The molecule has 0 fully saturated rings. The molecule has 2 amide bonds. The lowest BCUT2D eigenvalue weighted by Crippen LogP contribution is -2.30. The molecule has 160 valence electrons. The molecule has 0 atom stereocenters. The topological polar surface area (TPSA) is 102 Å². The van der Waals surface area contributed by atoms with E-state index in [4.69, 9.17) is 0 Å². The van der Waals surface area contributed by atoms with Crippen molar-refractivity contribution in [2.24, 2.45) is 0 Å². The maximum Gasteiger partial charge on any atom is 0.241 e. The molecule has 1 aromatic carbocycles. The van der Waals surface area contributed by atoms with E-state index >= 15 is 0 Å². The Labute approximate surface area is 188 Å². The van der Waals surface area contributed by atoms with Crippen molar-refractivity contribution in [3.8, 4) is 0 Å². The quantitative estimate of drug-likeness (QED) is 0.378. The number of carbonyl (C=O) groups is 2. The van der Waals surface area contributed by atoms with Crippen LogP contribution in [-0.4, -0.2) is 43.9 Å². The van der Waals surface area contributed by atoms with Gasteiger partial charge in [-0.15, -0.1) is 0 Å². The van der Waals surface area contributed by atoms with Crippen molar-refractivity contribution in [2.45, 2.75) is 29.6 Å². The van der Waals surface area contributed by atoms with E-state index in [1.54, 1.807) is 34.9 Å². The summed E-state index contributed by atoms with van der Waals surface area (Å²) in [6, 6.07) is 11.7. The van der Waals surface area contributed by atoms with E-state index in [-0.39, 0.29) is 24.1 Å². The third-order valence-corrected chi connectivity index (χ3v) is 6.47. The van der Waals surface area contributed by atoms with Crippen LogP contribution in [0.15, 0.2) is 53.9 Å². The highest BCUT2D eigenvalue weighted by Crippen LogP contribution is 2.34. The van der Waals surface area contributed by atoms with Crippen LogP contribution in [0.4, 0.5) is 5.82 Å². The summed E-state index contributed by atoms with van der Waals surface area (Å²) in [6.07, 6.45) is 4.05. The first-order valence-corrected chi connectivity index (χ1v) is 12.0. The van der Waals surface area contributed by atoms with Gasteiger partial charge in [0.2, 0.25) is 11.8 Å². The van der Waals surface area contributed by atoms with Crippen LogP contribution in [0, 0.1) is 0 Å². The number of nitrogens with one attached hydrogen (secondary N) is 2. The Morgan fingerprint density at radius 3 is 2.68 bits per heavy atom. The Hall–Kier alpha value is -2.85. The molecule has 8 nitrogen and oxygen atoms in total. The van der Waals surface area contributed by atoms with E-state index < -0.39 is 0 Å². The second-order valence-corrected chi connectivity index (χ2v) is 8.81. The summed E-state index contributed by atoms with van der Waals surface area (Å²) in [7, 11) is 0. The lowest BCUT2D eigenvalue weighted by molar-refractivity contribution is -0.122. The predicted octanol–water partition coefficient (Wildman–Crippen LogP) is 2.51. The summed E-state index contributed by atoms with van der Waals surface area (Å²) in [5.41, 5.74) is 3.10. The Balaban J connectivity index is 1.34. The van der Waals surface area contributed by atoms with Crippen molar-refractivity contribution in [2.75, 3.05) is 17.6 Å². The molecular weight excluding hydrogens is 432 g/mol. The monoisotopic (exact) mass is 454 g/mol. The lowest BCUT2D eigenvalue weighted by atomic mass is 10.1. The van der Waals surface area contributed by atoms with Gasteiger partial charge < -0.3 is 10.6 Å². The van der Waals surface area contributed by atoms with Gasteiger partial charge in [0.25, 0.3) is 0 Å². The van der Waals surface area contributed by atoms with Crippen LogP contribution in [0.3, 0.4) is 0 Å². The average molecular weight is 455 g/mol. The Bertz CT molecular complexity index is 1040. The van der Waals surface area contributed by atoms with Crippen LogP contribution in [-0.2, 0) is 34.1 Å². The number of rotatable bonds is 9.